The molecule has 2 nitrogen and oxygen atoms in total. The summed E-state index contributed by atoms with van der Waals surface area (Å²) < 4.78 is 22.8. The number of halogens is 1. The van der Waals surface area contributed by atoms with Crippen LogP contribution in [0.5, 0.6) is 5.75 Å². The summed E-state index contributed by atoms with van der Waals surface area (Å²) in [6, 6.07) is 5.58. The van der Waals surface area contributed by atoms with Crippen molar-refractivity contribution in [2.45, 2.75) is 45.8 Å². The normalized spacial score (nSPS) is 13.0. The Kier molecular flexibility index (Phi) is 3.49. The molecule has 110 valence electrons. The highest BCUT2D eigenvalue weighted by Crippen LogP contribution is 2.39. The van der Waals surface area contributed by atoms with E-state index in [2.05, 4.69) is 33.9 Å². The minimum atomic E-state index is -2.02. The van der Waals surface area contributed by atoms with Crippen molar-refractivity contribution < 1.29 is 8.82 Å². The Hall–Kier alpha value is -1.29. The van der Waals surface area contributed by atoms with Gasteiger partial charge in [-0.25, -0.2) is 4.39 Å². The monoisotopic (exact) mass is 293 g/mol. The minimum Gasteiger partial charge on any atom is -0.542 e. The maximum Gasteiger partial charge on any atom is 0.250 e. The zero-order valence-electron chi connectivity index (χ0n) is 13.5. The van der Waals surface area contributed by atoms with Crippen LogP contribution in [0.1, 0.15) is 26.5 Å². The third-order valence-corrected chi connectivity index (χ3v) is 8.88. The van der Waals surface area contributed by atoms with Crippen LogP contribution < -0.4 is 4.43 Å². The molecule has 0 bridgehead atoms. The van der Waals surface area contributed by atoms with Gasteiger partial charge in [-0.1, -0.05) is 20.8 Å². The summed E-state index contributed by atoms with van der Waals surface area (Å²) >= 11 is 0. The van der Waals surface area contributed by atoms with Gasteiger partial charge in [-0.15, -0.1) is 0 Å². The molecule has 0 N–H and O–H groups in total. The van der Waals surface area contributed by atoms with Gasteiger partial charge in [0, 0.05) is 18.1 Å². The molecule has 0 saturated heterocycles. The van der Waals surface area contributed by atoms with Crippen molar-refractivity contribution in [3.05, 3.63) is 29.7 Å². The molecule has 0 unspecified atom stereocenters. The Morgan fingerprint density at radius 1 is 1.20 bits per heavy atom. The molecular weight excluding hydrogens is 269 g/mol. The smallest absolute Gasteiger partial charge is 0.250 e. The molecular formula is C16H24FNOSi. The highest BCUT2D eigenvalue weighted by atomic mass is 28.4. The number of benzene rings is 1. The summed E-state index contributed by atoms with van der Waals surface area (Å²) in [5.41, 5.74) is 1.95. The standard InChI is InChI=1S/C16H24FNOSi/c1-11-10-12-13(18(11)5)8-9-14(15(12)17)19-20(6,7)16(2,3)4/h8-10H,1-7H3. The molecule has 0 fully saturated rings. The van der Waals surface area contributed by atoms with Crippen LogP contribution in [0, 0.1) is 12.7 Å². The first kappa shape index (κ1) is 15.1. The number of hydrogen-bond acceptors (Lipinski definition) is 1. The molecule has 1 heterocycles. The summed E-state index contributed by atoms with van der Waals surface area (Å²) in [5, 5.41) is 0.697. The zero-order valence-corrected chi connectivity index (χ0v) is 14.5. The SMILES string of the molecule is Cc1cc2c(F)c(O[Si](C)(C)C(C)(C)C)ccc2n1C. The van der Waals surface area contributed by atoms with E-state index in [0.29, 0.717) is 11.1 Å². The quantitative estimate of drug-likeness (QED) is 0.710. The van der Waals surface area contributed by atoms with Crippen LogP contribution in [0.2, 0.25) is 18.1 Å². The fraction of sp³-hybridized carbons (Fsp3) is 0.500. The fourth-order valence-electron chi connectivity index (χ4n) is 2.00. The van der Waals surface area contributed by atoms with Gasteiger partial charge in [-0.3, -0.25) is 0 Å². The first-order valence-electron chi connectivity index (χ1n) is 6.98. The molecule has 0 spiro atoms. The topological polar surface area (TPSA) is 14.2 Å². The first-order chi connectivity index (χ1) is 9.04. The van der Waals surface area contributed by atoms with Gasteiger partial charge in [0.2, 0.25) is 0 Å². The van der Waals surface area contributed by atoms with Crippen molar-refractivity contribution in [1.29, 1.82) is 0 Å². The average Bonchev–Trinajstić information content (AvgIpc) is 2.59. The van der Waals surface area contributed by atoms with Gasteiger partial charge >= 0.3 is 0 Å². The van der Waals surface area contributed by atoms with Gasteiger partial charge in [-0.05, 0) is 43.3 Å². The maximum atomic E-state index is 14.7. The van der Waals surface area contributed by atoms with Gasteiger partial charge in [0.25, 0.3) is 8.32 Å². The molecule has 20 heavy (non-hydrogen) atoms. The summed E-state index contributed by atoms with van der Waals surface area (Å²) in [5.74, 6) is 0.144. The van der Waals surface area contributed by atoms with E-state index < -0.39 is 8.32 Å². The van der Waals surface area contributed by atoms with Crippen molar-refractivity contribution in [2.24, 2.45) is 7.05 Å². The summed E-state index contributed by atoms with van der Waals surface area (Å²) in [7, 11) is -0.0682. The van der Waals surface area contributed by atoms with Gasteiger partial charge in [0.1, 0.15) is 5.75 Å². The molecule has 0 radical (unpaired) electrons. The summed E-state index contributed by atoms with van der Waals surface area (Å²) in [6.45, 7) is 12.7. The Bertz CT molecular complexity index is 653. The lowest BCUT2D eigenvalue weighted by molar-refractivity contribution is 0.460. The molecule has 0 amide bonds. The van der Waals surface area contributed by atoms with Crippen LogP contribution in [-0.2, 0) is 7.05 Å². The van der Waals surface area contributed by atoms with Crippen LogP contribution in [0.3, 0.4) is 0 Å². The second-order valence-corrected chi connectivity index (χ2v) is 11.7. The first-order valence-corrected chi connectivity index (χ1v) is 9.89. The lowest BCUT2D eigenvalue weighted by atomic mass is 10.2. The Morgan fingerprint density at radius 3 is 2.35 bits per heavy atom. The van der Waals surface area contributed by atoms with E-state index in [0.717, 1.165) is 11.2 Å². The molecule has 0 aliphatic heterocycles. The predicted molar refractivity (Wildman–Crippen MR) is 85.4 cm³/mol. The van der Waals surface area contributed by atoms with Crippen molar-refractivity contribution in [3.63, 3.8) is 0 Å². The number of fused-ring (bicyclic) bond motifs is 1. The van der Waals surface area contributed by atoms with E-state index in [1.54, 1.807) is 6.07 Å². The molecule has 4 heteroatoms. The molecule has 1 aromatic heterocycles. The van der Waals surface area contributed by atoms with Gasteiger partial charge in [-0.2, -0.15) is 0 Å². The number of rotatable bonds is 2. The third-order valence-electron chi connectivity index (χ3n) is 4.54. The van der Waals surface area contributed by atoms with Crippen LogP contribution in [0.15, 0.2) is 18.2 Å². The van der Waals surface area contributed by atoms with E-state index in [1.165, 1.54) is 0 Å². The van der Waals surface area contributed by atoms with Crippen LogP contribution in [0.4, 0.5) is 4.39 Å². The Labute approximate surface area is 121 Å². The largest absolute Gasteiger partial charge is 0.542 e. The van der Waals surface area contributed by atoms with E-state index >= 15 is 0 Å². The summed E-state index contributed by atoms with van der Waals surface area (Å²) in [4.78, 5) is 0. The lowest BCUT2D eigenvalue weighted by Gasteiger charge is -2.36. The number of nitrogens with zero attached hydrogens (tertiary/aromatic N) is 1. The Balaban J connectivity index is 2.50. The van der Waals surface area contributed by atoms with E-state index in [9.17, 15) is 4.39 Å². The van der Waals surface area contributed by atoms with Crippen LogP contribution in [-0.4, -0.2) is 12.9 Å². The molecule has 2 aromatic rings. The molecule has 2 rings (SSSR count). The lowest BCUT2D eigenvalue weighted by Crippen LogP contribution is -2.44. The molecule has 0 atom stereocenters. The van der Waals surface area contributed by atoms with Crippen molar-refractivity contribution in [2.75, 3.05) is 0 Å². The second kappa shape index (κ2) is 4.62. The molecule has 1 aromatic carbocycles. The second-order valence-electron chi connectivity index (χ2n) is 7.02. The van der Waals surface area contributed by atoms with E-state index in [-0.39, 0.29) is 10.9 Å². The maximum absolute atomic E-state index is 14.7. The number of hydrogen-bond donors (Lipinski definition) is 0. The predicted octanol–water partition coefficient (Wildman–Crippen LogP) is 5.01. The fourth-order valence-corrected chi connectivity index (χ4v) is 3.01. The highest BCUT2D eigenvalue weighted by Gasteiger charge is 2.39. The molecule has 0 saturated carbocycles. The van der Waals surface area contributed by atoms with Crippen molar-refractivity contribution in [1.82, 2.24) is 4.57 Å². The molecule has 0 aliphatic rings. The minimum absolute atomic E-state index is 0.0565. The van der Waals surface area contributed by atoms with Crippen molar-refractivity contribution in [3.8, 4) is 5.75 Å². The summed E-state index contributed by atoms with van der Waals surface area (Å²) in [6.07, 6.45) is 0. The number of aryl methyl sites for hydroxylation is 2. The van der Waals surface area contributed by atoms with Gasteiger partial charge < -0.3 is 8.99 Å². The van der Waals surface area contributed by atoms with E-state index in [1.807, 2.05) is 30.7 Å². The zero-order chi connectivity index (χ0) is 15.3. The van der Waals surface area contributed by atoms with Crippen LogP contribution >= 0.6 is 0 Å². The average molecular weight is 293 g/mol. The van der Waals surface area contributed by atoms with Crippen LogP contribution in [0.25, 0.3) is 10.9 Å². The molecule has 0 aliphatic carbocycles. The third kappa shape index (κ3) is 2.37. The highest BCUT2D eigenvalue weighted by molar-refractivity contribution is 6.74. The van der Waals surface area contributed by atoms with Gasteiger partial charge in [0.05, 0.1) is 5.52 Å². The van der Waals surface area contributed by atoms with Gasteiger partial charge in [0.15, 0.2) is 5.82 Å². The van der Waals surface area contributed by atoms with Crippen molar-refractivity contribution >= 4 is 19.2 Å². The Morgan fingerprint density at radius 2 is 1.80 bits per heavy atom. The number of aromatic nitrogens is 1. The van der Waals surface area contributed by atoms with E-state index in [4.69, 9.17) is 4.43 Å².